The van der Waals surface area contributed by atoms with Gasteiger partial charge in [-0.25, -0.2) is 4.68 Å². The molecule has 4 nitrogen and oxygen atoms in total. The quantitative estimate of drug-likeness (QED) is 0.860. The summed E-state index contributed by atoms with van der Waals surface area (Å²) in [6, 6.07) is 8.34. The van der Waals surface area contributed by atoms with Crippen LogP contribution in [-0.2, 0) is 12.1 Å². The zero-order valence-electron chi connectivity index (χ0n) is 10.8. The molecule has 0 radical (unpaired) electrons. The summed E-state index contributed by atoms with van der Waals surface area (Å²) >= 11 is 1.72. The number of benzene rings is 1. The molecule has 96 valence electrons. The maximum Gasteiger partial charge on any atom is 0.114 e. The fourth-order valence-electron chi connectivity index (χ4n) is 1.57. The lowest BCUT2D eigenvalue weighted by molar-refractivity contribution is 0.0737. The highest BCUT2D eigenvalue weighted by molar-refractivity contribution is 7.98. The summed E-state index contributed by atoms with van der Waals surface area (Å²) in [4.78, 5) is 1.24. The number of thioether (sulfide) groups is 1. The first-order chi connectivity index (χ1) is 8.49. The first-order valence-electron chi connectivity index (χ1n) is 5.75. The Bertz CT molecular complexity index is 514. The van der Waals surface area contributed by atoms with Crippen molar-refractivity contribution >= 4 is 11.8 Å². The molecule has 1 N–H and O–H groups in total. The van der Waals surface area contributed by atoms with Crippen LogP contribution in [0.15, 0.2) is 35.4 Å². The minimum absolute atomic E-state index is 0.586. The molecule has 18 heavy (non-hydrogen) atoms. The van der Waals surface area contributed by atoms with Gasteiger partial charge in [-0.2, -0.15) is 0 Å². The summed E-state index contributed by atoms with van der Waals surface area (Å²) < 4.78 is 1.74. The number of hydrogen-bond acceptors (Lipinski definition) is 4. The smallest absolute Gasteiger partial charge is 0.114 e. The molecule has 0 bridgehead atoms. The lowest BCUT2D eigenvalue weighted by Gasteiger charge is -2.11. The van der Waals surface area contributed by atoms with Gasteiger partial charge in [0.25, 0.3) is 0 Å². The zero-order valence-corrected chi connectivity index (χ0v) is 11.6. The zero-order chi connectivity index (χ0) is 13.2. The molecule has 0 aliphatic heterocycles. The van der Waals surface area contributed by atoms with E-state index in [1.54, 1.807) is 36.5 Å². The fraction of sp³-hybridized carbons (Fsp3) is 0.385. The highest BCUT2D eigenvalue weighted by Crippen LogP contribution is 2.17. The lowest BCUT2D eigenvalue weighted by Crippen LogP contribution is -2.15. The Hall–Kier alpha value is -1.33. The number of aliphatic hydroxyl groups is 1. The highest BCUT2D eigenvalue weighted by atomic mass is 32.2. The Morgan fingerprint density at radius 3 is 2.44 bits per heavy atom. The predicted octanol–water partition coefficient (Wildman–Crippen LogP) is 2.28. The lowest BCUT2D eigenvalue weighted by atomic mass is 10.1. The van der Waals surface area contributed by atoms with Gasteiger partial charge in [-0.3, -0.25) is 0 Å². The van der Waals surface area contributed by atoms with E-state index in [0.717, 1.165) is 0 Å². The largest absolute Gasteiger partial charge is 0.384 e. The molecule has 0 saturated heterocycles. The van der Waals surface area contributed by atoms with E-state index in [9.17, 15) is 5.11 Å². The van der Waals surface area contributed by atoms with E-state index in [0.29, 0.717) is 12.2 Å². The van der Waals surface area contributed by atoms with Crippen LogP contribution < -0.4 is 0 Å². The third-order valence-corrected chi connectivity index (χ3v) is 3.41. The molecule has 1 aromatic carbocycles. The van der Waals surface area contributed by atoms with Crippen LogP contribution in [0, 0.1) is 0 Å². The molecule has 0 fully saturated rings. The van der Waals surface area contributed by atoms with E-state index >= 15 is 0 Å². The van der Waals surface area contributed by atoms with Crippen LogP contribution in [0.1, 0.15) is 25.1 Å². The summed E-state index contributed by atoms with van der Waals surface area (Å²) in [6.45, 7) is 4.07. The van der Waals surface area contributed by atoms with Crippen molar-refractivity contribution in [3.8, 4) is 0 Å². The first-order valence-corrected chi connectivity index (χ1v) is 6.97. The number of nitrogens with zero attached hydrogens (tertiary/aromatic N) is 3. The molecule has 2 aromatic rings. The van der Waals surface area contributed by atoms with E-state index < -0.39 is 5.60 Å². The van der Waals surface area contributed by atoms with Crippen molar-refractivity contribution in [1.82, 2.24) is 15.0 Å². The van der Waals surface area contributed by atoms with Crippen molar-refractivity contribution in [1.29, 1.82) is 0 Å². The standard InChI is InChI=1S/C13H17N3OS/c1-13(2,17)12-9-16(15-14-12)8-10-4-6-11(18-3)7-5-10/h4-7,9,17H,8H2,1-3H3. The molecular formula is C13H17N3OS. The van der Waals surface area contributed by atoms with E-state index in [2.05, 4.69) is 40.8 Å². The van der Waals surface area contributed by atoms with Gasteiger partial charge in [0.1, 0.15) is 11.3 Å². The van der Waals surface area contributed by atoms with Crippen LogP contribution in [-0.4, -0.2) is 26.4 Å². The van der Waals surface area contributed by atoms with Crippen molar-refractivity contribution in [2.24, 2.45) is 0 Å². The second kappa shape index (κ2) is 5.12. The Kier molecular flexibility index (Phi) is 3.73. The maximum absolute atomic E-state index is 9.82. The Labute approximate surface area is 111 Å². The van der Waals surface area contributed by atoms with Gasteiger partial charge in [-0.05, 0) is 37.8 Å². The molecule has 1 aromatic heterocycles. The molecule has 0 spiro atoms. The number of rotatable bonds is 4. The molecule has 0 amide bonds. The summed E-state index contributed by atoms with van der Waals surface area (Å²) in [5.74, 6) is 0. The third-order valence-electron chi connectivity index (χ3n) is 2.67. The van der Waals surface area contributed by atoms with E-state index in [4.69, 9.17) is 0 Å². The van der Waals surface area contributed by atoms with Crippen molar-refractivity contribution < 1.29 is 5.11 Å². The molecule has 1 heterocycles. The van der Waals surface area contributed by atoms with Gasteiger partial charge in [-0.1, -0.05) is 17.3 Å². The summed E-state index contributed by atoms with van der Waals surface area (Å²) in [7, 11) is 0. The van der Waals surface area contributed by atoms with Crippen molar-refractivity contribution in [2.75, 3.05) is 6.26 Å². The SMILES string of the molecule is CSc1ccc(Cn2cc(C(C)(C)O)nn2)cc1. The summed E-state index contributed by atoms with van der Waals surface area (Å²) in [6.07, 6.45) is 3.84. The van der Waals surface area contributed by atoms with Crippen LogP contribution in [0.2, 0.25) is 0 Å². The molecule has 0 saturated carbocycles. The minimum Gasteiger partial charge on any atom is -0.384 e. The van der Waals surface area contributed by atoms with Gasteiger partial charge < -0.3 is 5.11 Å². The third kappa shape index (κ3) is 3.11. The Morgan fingerprint density at radius 1 is 1.28 bits per heavy atom. The topological polar surface area (TPSA) is 50.9 Å². The molecule has 0 aliphatic carbocycles. The van der Waals surface area contributed by atoms with Crippen molar-refractivity contribution in [3.63, 3.8) is 0 Å². The van der Waals surface area contributed by atoms with Crippen LogP contribution >= 0.6 is 11.8 Å². The second-order valence-electron chi connectivity index (χ2n) is 4.71. The predicted molar refractivity (Wildman–Crippen MR) is 72.6 cm³/mol. The minimum atomic E-state index is -0.943. The fourth-order valence-corrected chi connectivity index (χ4v) is 1.98. The molecule has 2 rings (SSSR count). The summed E-state index contributed by atoms with van der Waals surface area (Å²) in [5, 5.41) is 17.8. The normalized spacial score (nSPS) is 11.8. The van der Waals surface area contributed by atoms with Crippen LogP contribution in [0.3, 0.4) is 0 Å². The second-order valence-corrected chi connectivity index (χ2v) is 5.59. The van der Waals surface area contributed by atoms with Crippen LogP contribution in [0.5, 0.6) is 0 Å². The average Bonchev–Trinajstić information content (AvgIpc) is 2.78. The van der Waals surface area contributed by atoms with Crippen LogP contribution in [0.4, 0.5) is 0 Å². The van der Waals surface area contributed by atoms with Gasteiger partial charge in [-0.15, -0.1) is 16.9 Å². The molecule has 0 atom stereocenters. The summed E-state index contributed by atoms with van der Waals surface area (Å²) in [5.41, 5.74) is 0.809. The van der Waals surface area contributed by atoms with Gasteiger partial charge >= 0.3 is 0 Å². The maximum atomic E-state index is 9.82. The Balaban J connectivity index is 2.11. The molecule has 5 heteroatoms. The Morgan fingerprint density at radius 2 is 1.94 bits per heavy atom. The highest BCUT2D eigenvalue weighted by Gasteiger charge is 2.19. The number of hydrogen-bond donors (Lipinski definition) is 1. The average molecular weight is 263 g/mol. The van der Waals surface area contributed by atoms with Crippen LogP contribution in [0.25, 0.3) is 0 Å². The molecule has 0 unspecified atom stereocenters. The molecular weight excluding hydrogens is 246 g/mol. The first kappa shape index (κ1) is 13.1. The monoisotopic (exact) mass is 263 g/mol. The van der Waals surface area contributed by atoms with Gasteiger partial charge in [0.15, 0.2) is 0 Å². The van der Waals surface area contributed by atoms with Gasteiger partial charge in [0, 0.05) is 4.90 Å². The van der Waals surface area contributed by atoms with Gasteiger partial charge in [0.05, 0.1) is 12.7 Å². The van der Waals surface area contributed by atoms with Crippen molar-refractivity contribution in [3.05, 3.63) is 41.7 Å². The van der Waals surface area contributed by atoms with Crippen molar-refractivity contribution in [2.45, 2.75) is 30.9 Å². The van der Waals surface area contributed by atoms with E-state index in [1.165, 1.54) is 10.5 Å². The number of aromatic nitrogens is 3. The molecule has 0 aliphatic rings. The van der Waals surface area contributed by atoms with E-state index in [-0.39, 0.29) is 0 Å². The van der Waals surface area contributed by atoms with E-state index in [1.807, 2.05) is 0 Å². The van der Waals surface area contributed by atoms with Gasteiger partial charge in [0.2, 0.25) is 0 Å².